The molecule has 3 saturated heterocycles. The number of piperazine rings is 1. The Morgan fingerprint density at radius 3 is 2.03 bits per heavy atom. The van der Waals surface area contributed by atoms with E-state index < -0.39 is 71.0 Å². The number of imide groups is 1. The first-order valence-electron chi connectivity index (χ1n) is 25.3. The molecule has 1 aromatic heterocycles. The standard InChI is InChI=1S/C59H57N7O7/c1-39(41-16-7-4-8-17-41)62-57(71)65-47-27-22-40(28-31-58(72)29-13-2-3-14-30-58)38-46(47)59(55(65)70)48(53(68)63-34-36-64(37-35-63)56-60-32-15-33-61-56)50-54(69)73-51(43-20-11-6-12-21-43)49(42-18-9-5-10-19-42)66(50)52(59)44-23-25-45(67)26-24-44/h4-12,15-27,32-33,38-39,48-52,67,72H,2-3,13-14,29-30,34-37H2,1H3,(H,62,71)/t39-,48+,49+,50+,51-,52-,59+/m1/s1. The van der Waals surface area contributed by atoms with Crippen LogP contribution in [-0.4, -0.2) is 91.6 Å². The SMILES string of the molecule is C[C@@H](NC(=O)N1C(=O)[C@@]2(c3cc(C#CC4(O)CCCCCC4)ccc31)[C@H](C(=O)N1CCN(c3ncccn3)CC1)[C@H]1C(=O)O[C@H](c3ccccc3)[C@H](c3ccccc3)N1[C@@H]2c1ccc(O)cc1)c1ccccc1. The first-order chi connectivity index (χ1) is 35.6. The van der Waals surface area contributed by atoms with Gasteiger partial charge in [0.15, 0.2) is 0 Å². The highest BCUT2D eigenvalue weighted by atomic mass is 16.6. The highest BCUT2D eigenvalue weighted by Crippen LogP contribution is 2.66. The minimum absolute atomic E-state index is 0.0249. The number of aliphatic hydroxyl groups is 1. The fourth-order valence-corrected chi connectivity index (χ4v) is 12.1. The van der Waals surface area contributed by atoms with Crippen molar-refractivity contribution in [1.29, 1.82) is 0 Å². The number of fused-ring (bicyclic) bond motifs is 3. The molecule has 0 bridgehead atoms. The Kier molecular flexibility index (Phi) is 12.8. The lowest BCUT2D eigenvalue weighted by atomic mass is 9.64. The van der Waals surface area contributed by atoms with Crippen LogP contribution in [0.3, 0.4) is 0 Å². The Morgan fingerprint density at radius 2 is 1.37 bits per heavy atom. The normalized spacial score (nSPS) is 24.9. The van der Waals surface area contributed by atoms with Crippen LogP contribution in [0.25, 0.3) is 0 Å². The summed E-state index contributed by atoms with van der Waals surface area (Å²) >= 11 is 0. The molecule has 370 valence electrons. The number of phenolic OH excluding ortho intramolecular Hbond substituents is 1. The molecule has 3 N–H and O–H groups in total. The van der Waals surface area contributed by atoms with E-state index in [0.29, 0.717) is 54.1 Å². The molecule has 0 unspecified atom stereocenters. The number of aromatic nitrogens is 2. The Morgan fingerprint density at radius 1 is 0.740 bits per heavy atom. The Balaban J connectivity index is 1.16. The van der Waals surface area contributed by atoms with Gasteiger partial charge in [-0.05, 0) is 96.8 Å². The maximum Gasteiger partial charge on any atom is 0.329 e. The summed E-state index contributed by atoms with van der Waals surface area (Å²) in [6.45, 7) is 3.02. The molecule has 1 aliphatic carbocycles. The lowest BCUT2D eigenvalue weighted by Crippen LogP contribution is -2.59. The van der Waals surface area contributed by atoms with Crippen molar-refractivity contribution in [2.75, 3.05) is 36.0 Å². The second-order valence-electron chi connectivity index (χ2n) is 19.9. The number of cyclic esters (lactones) is 1. The summed E-state index contributed by atoms with van der Waals surface area (Å²) in [5.74, 6) is 3.63. The number of urea groups is 1. The highest BCUT2D eigenvalue weighted by Gasteiger charge is 2.76. The van der Waals surface area contributed by atoms with Gasteiger partial charge in [0.2, 0.25) is 17.8 Å². The number of nitrogens with one attached hydrogen (secondary N) is 1. The number of benzene rings is 5. The van der Waals surface area contributed by atoms with Crippen LogP contribution in [0.15, 0.2) is 152 Å². The largest absolute Gasteiger partial charge is 0.508 e. The second-order valence-corrected chi connectivity index (χ2v) is 19.9. The zero-order valence-corrected chi connectivity index (χ0v) is 40.6. The number of nitrogens with zero attached hydrogens (tertiary/aromatic N) is 6. The van der Waals surface area contributed by atoms with Crippen LogP contribution < -0.4 is 15.1 Å². The predicted molar refractivity (Wildman–Crippen MR) is 274 cm³/mol. The number of phenols is 1. The number of rotatable bonds is 7. The topological polar surface area (TPSA) is 169 Å². The summed E-state index contributed by atoms with van der Waals surface area (Å²) in [6.07, 6.45) is 7.15. The lowest BCUT2D eigenvalue weighted by Gasteiger charge is -2.46. The molecule has 5 aromatic carbocycles. The van der Waals surface area contributed by atoms with Crippen LogP contribution in [0.2, 0.25) is 0 Å². The van der Waals surface area contributed by atoms with Gasteiger partial charge in [0.1, 0.15) is 28.9 Å². The lowest BCUT2D eigenvalue weighted by molar-refractivity contribution is -0.179. The summed E-state index contributed by atoms with van der Waals surface area (Å²) in [5.41, 5.74) is 0.596. The van der Waals surface area contributed by atoms with Gasteiger partial charge in [-0.3, -0.25) is 19.3 Å². The number of ether oxygens (including phenoxy) is 1. The summed E-state index contributed by atoms with van der Waals surface area (Å²) in [4.78, 5) is 79.9. The van der Waals surface area contributed by atoms with Crippen LogP contribution in [0, 0.1) is 17.8 Å². The van der Waals surface area contributed by atoms with Gasteiger partial charge in [-0.15, -0.1) is 0 Å². The zero-order valence-electron chi connectivity index (χ0n) is 40.6. The number of morpholine rings is 1. The monoisotopic (exact) mass is 975 g/mol. The quantitative estimate of drug-likeness (QED) is 0.0803. The number of carbonyl (C=O) groups excluding carboxylic acids is 4. The fraction of sp³-hybridized carbons (Fsp3) is 0.322. The number of carbonyl (C=O) groups is 4. The number of aromatic hydroxyl groups is 1. The van der Waals surface area contributed by atoms with Crippen molar-refractivity contribution in [3.8, 4) is 17.6 Å². The van der Waals surface area contributed by atoms with Gasteiger partial charge in [-0.2, -0.15) is 0 Å². The smallest absolute Gasteiger partial charge is 0.329 e. The molecule has 5 heterocycles. The third-order valence-electron chi connectivity index (χ3n) is 15.6. The Bertz CT molecular complexity index is 3060. The van der Waals surface area contributed by atoms with Gasteiger partial charge in [0.25, 0.3) is 0 Å². The first kappa shape index (κ1) is 47.5. The van der Waals surface area contributed by atoms with Crippen LogP contribution in [-0.2, 0) is 24.5 Å². The van der Waals surface area contributed by atoms with E-state index in [4.69, 9.17) is 4.74 Å². The minimum atomic E-state index is -2.02. The van der Waals surface area contributed by atoms with Crippen LogP contribution in [0.1, 0.15) is 103 Å². The maximum atomic E-state index is 16.8. The Labute approximate surface area is 424 Å². The van der Waals surface area contributed by atoms with E-state index >= 15 is 19.2 Å². The molecular weight excluding hydrogens is 919 g/mol. The average Bonchev–Trinajstić information content (AvgIpc) is 3.79. The van der Waals surface area contributed by atoms with E-state index in [1.165, 1.54) is 12.1 Å². The van der Waals surface area contributed by atoms with Crippen molar-refractivity contribution in [2.45, 2.75) is 86.7 Å². The van der Waals surface area contributed by atoms with Crippen molar-refractivity contribution in [2.24, 2.45) is 5.92 Å². The summed E-state index contributed by atoms with van der Waals surface area (Å²) in [6, 6.07) is 37.4. The molecule has 7 atom stereocenters. The first-order valence-corrected chi connectivity index (χ1v) is 25.3. The van der Waals surface area contributed by atoms with Crippen molar-refractivity contribution < 1.29 is 34.1 Å². The summed E-state index contributed by atoms with van der Waals surface area (Å²) < 4.78 is 6.68. The second kappa shape index (κ2) is 19.6. The van der Waals surface area contributed by atoms with Crippen molar-refractivity contribution in [1.82, 2.24) is 25.1 Å². The molecule has 73 heavy (non-hydrogen) atoms. The van der Waals surface area contributed by atoms with Gasteiger partial charge in [-0.25, -0.2) is 19.7 Å². The summed E-state index contributed by atoms with van der Waals surface area (Å²) in [5, 5.41) is 25.8. The van der Waals surface area contributed by atoms with E-state index in [1.807, 2.05) is 108 Å². The van der Waals surface area contributed by atoms with Gasteiger partial charge in [0.05, 0.1) is 29.7 Å². The van der Waals surface area contributed by atoms with Crippen LogP contribution in [0.4, 0.5) is 16.4 Å². The molecule has 14 heteroatoms. The molecule has 1 saturated carbocycles. The molecule has 5 aliphatic rings. The number of amides is 4. The third kappa shape index (κ3) is 8.56. The van der Waals surface area contributed by atoms with Crippen molar-refractivity contribution >= 4 is 35.5 Å². The molecule has 6 aromatic rings. The maximum absolute atomic E-state index is 16.8. The third-order valence-corrected chi connectivity index (χ3v) is 15.6. The van der Waals surface area contributed by atoms with Gasteiger partial charge < -0.3 is 30.1 Å². The number of anilines is 2. The van der Waals surface area contributed by atoms with Crippen LogP contribution >= 0.6 is 0 Å². The van der Waals surface area contributed by atoms with Gasteiger partial charge >= 0.3 is 12.0 Å². The van der Waals surface area contributed by atoms with Crippen molar-refractivity contribution in [3.05, 3.63) is 185 Å². The zero-order chi connectivity index (χ0) is 50.3. The highest BCUT2D eigenvalue weighted by molar-refractivity contribution is 6.24. The van der Waals surface area contributed by atoms with E-state index in [2.05, 4.69) is 27.1 Å². The molecule has 4 fully saturated rings. The Hall–Kier alpha value is -7.86. The molecule has 11 rings (SSSR count). The fourth-order valence-electron chi connectivity index (χ4n) is 12.1. The molecule has 1 spiro atoms. The average molecular weight is 976 g/mol. The number of hydrogen-bond donors (Lipinski definition) is 3. The van der Waals surface area contributed by atoms with Crippen LogP contribution in [0.5, 0.6) is 5.75 Å². The molecule has 4 aliphatic heterocycles. The number of hydrogen-bond acceptors (Lipinski definition) is 11. The molecule has 14 nitrogen and oxygen atoms in total. The predicted octanol–water partition coefficient (Wildman–Crippen LogP) is 8.10. The summed E-state index contributed by atoms with van der Waals surface area (Å²) in [7, 11) is 0. The molecular formula is C59H57N7O7. The van der Waals surface area contributed by atoms with Gasteiger partial charge in [-0.1, -0.05) is 128 Å². The number of esters is 1. The van der Waals surface area contributed by atoms with E-state index in [1.54, 1.807) is 53.7 Å². The minimum Gasteiger partial charge on any atom is -0.508 e. The molecule has 0 radical (unpaired) electrons. The molecule has 4 amide bonds. The van der Waals surface area contributed by atoms with E-state index in [-0.39, 0.29) is 24.5 Å². The van der Waals surface area contributed by atoms with E-state index in [0.717, 1.165) is 41.7 Å². The van der Waals surface area contributed by atoms with Crippen molar-refractivity contribution in [3.63, 3.8) is 0 Å². The van der Waals surface area contributed by atoms with Gasteiger partial charge in [0, 0.05) is 44.1 Å². The van der Waals surface area contributed by atoms with E-state index in [9.17, 15) is 10.2 Å².